The van der Waals surface area contributed by atoms with Gasteiger partial charge in [0.05, 0.1) is 0 Å². The van der Waals surface area contributed by atoms with Crippen LogP contribution in [0.1, 0.15) is 48.0 Å². The van der Waals surface area contributed by atoms with Crippen LogP contribution in [0.15, 0.2) is 60.8 Å². The van der Waals surface area contributed by atoms with E-state index in [9.17, 15) is 4.79 Å². The van der Waals surface area contributed by atoms with Crippen molar-refractivity contribution in [3.05, 3.63) is 71.9 Å². The second-order valence-electron chi connectivity index (χ2n) is 7.52. The molecule has 0 unspecified atom stereocenters. The van der Waals surface area contributed by atoms with Crippen LogP contribution in [0.25, 0.3) is 11.4 Å². The van der Waals surface area contributed by atoms with E-state index in [0.717, 1.165) is 18.4 Å². The fourth-order valence-corrected chi connectivity index (χ4v) is 3.55. The van der Waals surface area contributed by atoms with Gasteiger partial charge in [0.2, 0.25) is 5.88 Å². The molecule has 4 rings (SSSR count). The topological polar surface area (TPSA) is 64.1 Å². The highest BCUT2D eigenvalue weighted by Gasteiger charge is 2.16. The van der Waals surface area contributed by atoms with E-state index in [1.807, 2.05) is 31.2 Å². The third-order valence-corrected chi connectivity index (χ3v) is 5.22. The fraction of sp³-hybridized carbons (Fsp3) is 0.292. The molecule has 148 valence electrons. The van der Waals surface area contributed by atoms with Crippen LogP contribution in [0.5, 0.6) is 11.6 Å². The van der Waals surface area contributed by atoms with E-state index < -0.39 is 0 Å². The van der Waals surface area contributed by atoms with Gasteiger partial charge < -0.3 is 10.1 Å². The molecule has 1 aliphatic rings. The van der Waals surface area contributed by atoms with Crippen molar-refractivity contribution in [2.45, 2.75) is 45.1 Å². The van der Waals surface area contributed by atoms with Gasteiger partial charge in [-0.15, -0.1) is 0 Å². The molecule has 1 heterocycles. The Morgan fingerprint density at radius 2 is 1.69 bits per heavy atom. The summed E-state index contributed by atoms with van der Waals surface area (Å²) in [5.74, 6) is 1.70. The lowest BCUT2D eigenvalue weighted by atomic mass is 9.95. The molecule has 0 bridgehead atoms. The minimum atomic E-state index is -0.0212. The molecule has 5 nitrogen and oxygen atoms in total. The van der Waals surface area contributed by atoms with Crippen LogP contribution in [-0.4, -0.2) is 21.9 Å². The number of hydrogen-bond acceptors (Lipinski definition) is 4. The van der Waals surface area contributed by atoms with E-state index in [-0.39, 0.29) is 5.91 Å². The highest BCUT2D eigenvalue weighted by molar-refractivity contribution is 5.94. The zero-order valence-electron chi connectivity index (χ0n) is 16.6. The van der Waals surface area contributed by atoms with Gasteiger partial charge in [-0.05, 0) is 44.0 Å². The fourth-order valence-electron chi connectivity index (χ4n) is 3.55. The summed E-state index contributed by atoms with van der Waals surface area (Å²) in [5.41, 5.74) is 2.77. The first kappa shape index (κ1) is 19.1. The third kappa shape index (κ3) is 4.99. The number of amides is 1. The quantitative estimate of drug-likeness (QED) is 0.645. The first-order chi connectivity index (χ1) is 14.2. The molecule has 3 aromatic rings. The summed E-state index contributed by atoms with van der Waals surface area (Å²) < 4.78 is 5.87. The van der Waals surface area contributed by atoms with E-state index in [0.29, 0.717) is 29.1 Å². The zero-order chi connectivity index (χ0) is 20.1. The van der Waals surface area contributed by atoms with Crippen LogP contribution >= 0.6 is 0 Å². The lowest BCUT2D eigenvalue weighted by molar-refractivity contribution is 0.0927. The summed E-state index contributed by atoms with van der Waals surface area (Å²) in [6.07, 6.45) is 7.49. The summed E-state index contributed by atoms with van der Waals surface area (Å²) in [6, 6.07) is 17.2. The molecule has 5 heteroatoms. The van der Waals surface area contributed by atoms with E-state index in [2.05, 4.69) is 15.3 Å². The van der Waals surface area contributed by atoms with Gasteiger partial charge in [-0.25, -0.2) is 4.98 Å². The number of hydrogen-bond donors (Lipinski definition) is 1. The molecule has 1 amide bonds. The molecule has 1 aliphatic carbocycles. The number of rotatable bonds is 5. The number of nitrogens with zero attached hydrogens (tertiary/aromatic N) is 2. The molecule has 0 atom stereocenters. The van der Waals surface area contributed by atoms with Gasteiger partial charge in [-0.2, -0.15) is 4.98 Å². The summed E-state index contributed by atoms with van der Waals surface area (Å²) in [4.78, 5) is 21.3. The second-order valence-corrected chi connectivity index (χ2v) is 7.52. The van der Waals surface area contributed by atoms with Crippen molar-refractivity contribution in [1.29, 1.82) is 0 Å². The standard InChI is InChI=1S/C24H25N3O2/c1-17-7-9-18(10-8-17)23-25-16-15-22(27-23)29-21-13-11-19(12-14-21)24(28)26-20-5-3-2-4-6-20/h7-16,20H,2-6H2,1H3,(H,26,28). The smallest absolute Gasteiger partial charge is 0.251 e. The second kappa shape index (κ2) is 8.86. The maximum absolute atomic E-state index is 12.4. The highest BCUT2D eigenvalue weighted by Crippen LogP contribution is 2.23. The number of carbonyl (C=O) groups is 1. The Morgan fingerprint density at radius 1 is 0.966 bits per heavy atom. The molecule has 0 radical (unpaired) electrons. The average molecular weight is 387 g/mol. The molecule has 0 aliphatic heterocycles. The minimum absolute atomic E-state index is 0.0212. The van der Waals surface area contributed by atoms with Crippen LogP contribution in [0.3, 0.4) is 0 Å². The summed E-state index contributed by atoms with van der Waals surface area (Å²) in [7, 11) is 0. The Labute approximate surface area is 171 Å². The number of nitrogens with one attached hydrogen (secondary N) is 1. The van der Waals surface area contributed by atoms with E-state index in [1.165, 1.54) is 24.8 Å². The van der Waals surface area contributed by atoms with Gasteiger partial charge in [0, 0.05) is 29.4 Å². The molecule has 1 N–H and O–H groups in total. The van der Waals surface area contributed by atoms with Crippen LogP contribution in [0.2, 0.25) is 0 Å². The van der Waals surface area contributed by atoms with Crippen LogP contribution in [0.4, 0.5) is 0 Å². The van der Waals surface area contributed by atoms with Crippen LogP contribution < -0.4 is 10.1 Å². The maximum Gasteiger partial charge on any atom is 0.251 e. The Hall–Kier alpha value is -3.21. The van der Waals surface area contributed by atoms with Crippen molar-refractivity contribution in [2.75, 3.05) is 0 Å². The van der Waals surface area contributed by atoms with Crippen molar-refractivity contribution in [3.63, 3.8) is 0 Å². The SMILES string of the molecule is Cc1ccc(-c2nccc(Oc3ccc(C(=O)NC4CCCCC4)cc3)n2)cc1. The summed E-state index contributed by atoms with van der Waals surface area (Å²) in [5, 5.41) is 3.13. The lowest BCUT2D eigenvalue weighted by Crippen LogP contribution is -2.36. The predicted molar refractivity (Wildman–Crippen MR) is 113 cm³/mol. The van der Waals surface area contributed by atoms with Gasteiger partial charge in [0.1, 0.15) is 5.75 Å². The number of aromatic nitrogens is 2. The maximum atomic E-state index is 12.4. The first-order valence-electron chi connectivity index (χ1n) is 10.2. The molecular weight excluding hydrogens is 362 g/mol. The number of carbonyl (C=O) groups excluding carboxylic acids is 1. The Morgan fingerprint density at radius 3 is 2.41 bits per heavy atom. The van der Waals surface area contributed by atoms with Gasteiger partial charge in [0.15, 0.2) is 5.82 Å². The highest BCUT2D eigenvalue weighted by atomic mass is 16.5. The van der Waals surface area contributed by atoms with E-state index >= 15 is 0 Å². The monoisotopic (exact) mass is 387 g/mol. The zero-order valence-corrected chi connectivity index (χ0v) is 16.6. The molecule has 0 saturated heterocycles. The molecule has 1 saturated carbocycles. The molecule has 29 heavy (non-hydrogen) atoms. The molecule has 1 fully saturated rings. The number of aryl methyl sites for hydroxylation is 1. The number of ether oxygens (including phenoxy) is 1. The average Bonchev–Trinajstić information content (AvgIpc) is 2.76. The Bertz CT molecular complexity index is 962. The summed E-state index contributed by atoms with van der Waals surface area (Å²) in [6.45, 7) is 2.04. The van der Waals surface area contributed by atoms with Gasteiger partial charge in [-0.1, -0.05) is 49.1 Å². The van der Waals surface area contributed by atoms with Crippen molar-refractivity contribution in [3.8, 4) is 23.0 Å². The third-order valence-electron chi connectivity index (χ3n) is 5.22. The molecule has 2 aromatic carbocycles. The van der Waals surface area contributed by atoms with E-state index in [4.69, 9.17) is 4.74 Å². The minimum Gasteiger partial charge on any atom is -0.439 e. The predicted octanol–water partition coefficient (Wildman–Crippen LogP) is 5.31. The first-order valence-corrected chi connectivity index (χ1v) is 10.2. The normalized spacial score (nSPS) is 14.4. The van der Waals surface area contributed by atoms with E-state index in [1.54, 1.807) is 36.5 Å². The van der Waals surface area contributed by atoms with Gasteiger partial charge >= 0.3 is 0 Å². The summed E-state index contributed by atoms with van der Waals surface area (Å²) >= 11 is 0. The van der Waals surface area contributed by atoms with Crippen molar-refractivity contribution in [2.24, 2.45) is 0 Å². The van der Waals surface area contributed by atoms with Crippen LogP contribution in [0, 0.1) is 6.92 Å². The van der Waals surface area contributed by atoms with Gasteiger partial charge in [-0.3, -0.25) is 4.79 Å². The van der Waals surface area contributed by atoms with Crippen molar-refractivity contribution >= 4 is 5.91 Å². The Balaban J connectivity index is 1.41. The molecule has 0 spiro atoms. The number of benzene rings is 2. The van der Waals surface area contributed by atoms with Crippen molar-refractivity contribution < 1.29 is 9.53 Å². The molecule has 1 aromatic heterocycles. The lowest BCUT2D eigenvalue weighted by Gasteiger charge is -2.22. The Kier molecular flexibility index (Phi) is 5.84. The van der Waals surface area contributed by atoms with Crippen LogP contribution in [-0.2, 0) is 0 Å². The molecular formula is C24H25N3O2. The van der Waals surface area contributed by atoms with Gasteiger partial charge in [0.25, 0.3) is 5.91 Å². The van der Waals surface area contributed by atoms with Crippen molar-refractivity contribution in [1.82, 2.24) is 15.3 Å². The largest absolute Gasteiger partial charge is 0.439 e.